The number of fused-ring (bicyclic) bond motifs is 1. The summed E-state index contributed by atoms with van der Waals surface area (Å²) >= 11 is 0. The molecule has 5 heteroatoms. The number of para-hydroxylation sites is 1. The number of piperidine rings is 1. The zero-order valence-corrected chi connectivity index (χ0v) is 13.0. The second-order valence-corrected chi connectivity index (χ2v) is 5.91. The van der Waals surface area contributed by atoms with Crippen molar-refractivity contribution in [3.05, 3.63) is 30.6 Å². The van der Waals surface area contributed by atoms with Gasteiger partial charge in [-0.2, -0.15) is 0 Å². The quantitative estimate of drug-likeness (QED) is 0.874. The van der Waals surface area contributed by atoms with E-state index >= 15 is 0 Å². The minimum absolute atomic E-state index is 0.0235. The number of aromatic nitrogens is 2. The Labute approximate surface area is 130 Å². The second kappa shape index (κ2) is 6.30. The highest BCUT2D eigenvalue weighted by molar-refractivity contribution is 5.84. The standard InChI is InChI=1S/C17H21N3O2/c1-12-6-5-7-13(2)20(12)16(21)10-22-17-14-8-3-4-9-15(14)18-11-19-17/h3-4,8-9,11-13H,5-7,10H2,1-2H3/t12-,13-/m1/s1. The van der Waals surface area contributed by atoms with E-state index in [0.717, 1.165) is 23.7 Å². The van der Waals surface area contributed by atoms with Crippen molar-refractivity contribution < 1.29 is 9.53 Å². The van der Waals surface area contributed by atoms with Gasteiger partial charge in [0.2, 0.25) is 5.88 Å². The van der Waals surface area contributed by atoms with Crippen molar-refractivity contribution in [2.24, 2.45) is 0 Å². The molecule has 2 aromatic rings. The number of ether oxygens (including phenoxy) is 1. The molecule has 0 radical (unpaired) electrons. The van der Waals surface area contributed by atoms with Crippen LogP contribution < -0.4 is 4.74 Å². The van der Waals surface area contributed by atoms with Crippen LogP contribution in [-0.4, -0.2) is 39.5 Å². The van der Waals surface area contributed by atoms with E-state index in [2.05, 4.69) is 23.8 Å². The number of rotatable bonds is 3. The summed E-state index contributed by atoms with van der Waals surface area (Å²) in [6.07, 6.45) is 4.77. The van der Waals surface area contributed by atoms with Crippen LogP contribution in [0.1, 0.15) is 33.1 Å². The third-order valence-corrected chi connectivity index (χ3v) is 4.32. The Kier molecular flexibility index (Phi) is 4.22. The van der Waals surface area contributed by atoms with E-state index in [9.17, 15) is 4.79 Å². The van der Waals surface area contributed by atoms with Gasteiger partial charge in [0.25, 0.3) is 5.91 Å². The van der Waals surface area contributed by atoms with E-state index in [1.807, 2.05) is 29.2 Å². The molecular weight excluding hydrogens is 278 g/mol. The summed E-state index contributed by atoms with van der Waals surface area (Å²) in [5.41, 5.74) is 0.819. The van der Waals surface area contributed by atoms with Crippen molar-refractivity contribution >= 4 is 16.8 Å². The molecule has 0 saturated carbocycles. The Morgan fingerprint density at radius 3 is 2.73 bits per heavy atom. The molecule has 3 rings (SSSR count). The average Bonchev–Trinajstić information content (AvgIpc) is 2.52. The smallest absolute Gasteiger partial charge is 0.261 e. The summed E-state index contributed by atoms with van der Waals surface area (Å²) in [5, 5.41) is 0.831. The zero-order chi connectivity index (χ0) is 15.5. The van der Waals surface area contributed by atoms with Gasteiger partial charge in [-0.15, -0.1) is 0 Å². The zero-order valence-electron chi connectivity index (χ0n) is 13.0. The van der Waals surface area contributed by atoms with Crippen molar-refractivity contribution in [2.75, 3.05) is 6.61 Å². The van der Waals surface area contributed by atoms with Crippen LogP contribution in [0.2, 0.25) is 0 Å². The molecule has 0 spiro atoms. The lowest BCUT2D eigenvalue weighted by atomic mass is 9.97. The fourth-order valence-corrected chi connectivity index (χ4v) is 3.21. The summed E-state index contributed by atoms with van der Waals surface area (Å²) in [5.74, 6) is 0.499. The average molecular weight is 299 g/mol. The Hall–Kier alpha value is -2.17. The molecule has 1 amide bonds. The summed E-state index contributed by atoms with van der Waals surface area (Å²) in [7, 11) is 0. The fraction of sp³-hybridized carbons (Fsp3) is 0.471. The predicted molar refractivity (Wildman–Crippen MR) is 84.7 cm³/mol. The van der Waals surface area contributed by atoms with E-state index < -0.39 is 0 Å². The van der Waals surface area contributed by atoms with Crippen molar-refractivity contribution in [3.8, 4) is 5.88 Å². The molecule has 0 aliphatic carbocycles. The molecule has 5 nitrogen and oxygen atoms in total. The van der Waals surface area contributed by atoms with E-state index in [-0.39, 0.29) is 24.6 Å². The summed E-state index contributed by atoms with van der Waals surface area (Å²) < 4.78 is 5.69. The summed E-state index contributed by atoms with van der Waals surface area (Å²) in [6, 6.07) is 8.20. The molecule has 1 aromatic carbocycles. The van der Waals surface area contributed by atoms with Crippen molar-refractivity contribution in [1.82, 2.24) is 14.9 Å². The number of likely N-dealkylation sites (tertiary alicyclic amines) is 1. The molecule has 1 saturated heterocycles. The third-order valence-electron chi connectivity index (χ3n) is 4.32. The molecule has 0 unspecified atom stereocenters. The molecule has 1 aliphatic heterocycles. The predicted octanol–water partition coefficient (Wildman–Crippen LogP) is 2.80. The minimum Gasteiger partial charge on any atom is -0.467 e. The minimum atomic E-state index is 0.0235. The number of benzene rings is 1. The van der Waals surface area contributed by atoms with Crippen molar-refractivity contribution in [1.29, 1.82) is 0 Å². The Morgan fingerprint density at radius 2 is 1.95 bits per heavy atom. The molecule has 1 fully saturated rings. The highest BCUT2D eigenvalue weighted by Gasteiger charge is 2.29. The van der Waals surface area contributed by atoms with Crippen LogP contribution in [0.4, 0.5) is 0 Å². The van der Waals surface area contributed by atoms with E-state index in [1.54, 1.807) is 0 Å². The molecule has 0 N–H and O–H groups in total. The molecule has 116 valence electrons. The lowest BCUT2D eigenvalue weighted by Gasteiger charge is -2.38. The number of hydrogen-bond acceptors (Lipinski definition) is 4. The lowest BCUT2D eigenvalue weighted by molar-refractivity contribution is -0.139. The number of carbonyl (C=O) groups excluding carboxylic acids is 1. The molecule has 2 heterocycles. The fourth-order valence-electron chi connectivity index (χ4n) is 3.21. The Morgan fingerprint density at radius 1 is 1.23 bits per heavy atom. The van der Waals surface area contributed by atoms with Crippen LogP contribution in [0, 0.1) is 0 Å². The van der Waals surface area contributed by atoms with Gasteiger partial charge in [-0.3, -0.25) is 4.79 Å². The van der Waals surface area contributed by atoms with E-state index in [1.165, 1.54) is 12.7 Å². The van der Waals surface area contributed by atoms with Gasteiger partial charge >= 0.3 is 0 Å². The van der Waals surface area contributed by atoms with Gasteiger partial charge in [0, 0.05) is 12.1 Å². The molecule has 2 atom stereocenters. The number of carbonyl (C=O) groups is 1. The largest absolute Gasteiger partial charge is 0.467 e. The maximum Gasteiger partial charge on any atom is 0.261 e. The molecule has 1 aliphatic rings. The highest BCUT2D eigenvalue weighted by atomic mass is 16.5. The van der Waals surface area contributed by atoms with Crippen molar-refractivity contribution in [3.63, 3.8) is 0 Å². The van der Waals surface area contributed by atoms with E-state index in [4.69, 9.17) is 4.74 Å². The highest BCUT2D eigenvalue weighted by Crippen LogP contribution is 2.24. The van der Waals surface area contributed by atoms with Gasteiger partial charge in [0.1, 0.15) is 6.33 Å². The summed E-state index contributed by atoms with van der Waals surface area (Å²) in [6.45, 7) is 4.23. The molecule has 1 aromatic heterocycles. The van der Waals surface area contributed by atoms with Crippen LogP contribution >= 0.6 is 0 Å². The molecular formula is C17H21N3O2. The van der Waals surface area contributed by atoms with Gasteiger partial charge in [0.15, 0.2) is 6.61 Å². The first-order chi connectivity index (χ1) is 10.7. The van der Waals surface area contributed by atoms with Gasteiger partial charge in [-0.1, -0.05) is 12.1 Å². The van der Waals surface area contributed by atoms with Gasteiger partial charge in [-0.05, 0) is 45.2 Å². The Balaban J connectivity index is 1.72. The maximum atomic E-state index is 12.5. The third kappa shape index (κ3) is 2.89. The number of nitrogens with zero attached hydrogens (tertiary/aromatic N) is 3. The lowest BCUT2D eigenvalue weighted by Crippen LogP contribution is -2.49. The summed E-state index contributed by atoms with van der Waals surface area (Å²) in [4.78, 5) is 22.8. The topological polar surface area (TPSA) is 55.3 Å². The monoisotopic (exact) mass is 299 g/mol. The SMILES string of the molecule is C[C@@H]1CCC[C@@H](C)N1C(=O)COc1ncnc2ccccc12. The van der Waals surface area contributed by atoms with Crippen molar-refractivity contribution in [2.45, 2.75) is 45.2 Å². The van der Waals surface area contributed by atoms with Crippen LogP contribution in [0.15, 0.2) is 30.6 Å². The molecule has 0 bridgehead atoms. The van der Waals surface area contributed by atoms with Gasteiger partial charge < -0.3 is 9.64 Å². The number of hydrogen-bond donors (Lipinski definition) is 0. The first-order valence-corrected chi connectivity index (χ1v) is 7.80. The van der Waals surface area contributed by atoms with Crippen LogP contribution in [0.25, 0.3) is 10.9 Å². The van der Waals surface area contributed by atoms with Gasteiger partial charge in [-0.25, -0.2) is 9.97 Å². The van der Waals surface area contributed by atoms with Gasteiger partial charge in [0.05, 0.1) is 10.9 Å². The first kappa shape index (κ1) is 14.8. The number of amides is 1. The van der Waals surface area contributed by atoms with Crippen LogP contribution in [0.3, 0.4) is 0 Å². The second-order valence-electron chi connectivity index (χ2n) is 5.91. The van der Waals surface area contributed by atoms with Crippen LogP contribution in [0.5, 0.6) is 5.88 Å². The Bertz CT molecular complexity index is 659. The van der Waals surface area contributed by atoms with E-state index in [0.29, 0.717) is 5.88 Å². The maximum absolute atomic E-state index is 12.5. The first-order valence-electron chi connectivity index (χ1n) is 7.80. The van der Waals surface area contributed by atoms with Crippen LogP contribution in [-0.2, 0) is 4.79 Å². The molecule has 22 heavy (non-hydrogen) atoms. The normalized spacial score (nSPS) is 21.8.